The molecule has 2 rings (SSSR count). The SMILES string of the molecule is Cc1coc(NC(=O)C2(N)CCCC(C)C2)n1. The van der Waals surface area contributed by atoms with Gasteiger partial charge in [0.05, 0.1) is 11.2 Å². The van der Waals surface area contributed by atoms with Crippen LogP contribution in [0.5, 0.6) is 0 Å². The molecule has 3 N–H and O–H groups in total. The minimum absolute atomic E-state index is 0.189. The van der Waals surface area contributed by atoms with Gasteiger partial charge in [-0.05, 0) is 25.7 Å². The van der Waals surface area contributed by atoms with E-state index in [1.807, 2.05) is 0 Å². The fraction of sp³-hybridized carbons (Fsp3) is 0.667. The van der Waals surface area contributed by atoms with Gasteiger partial charge in [-0.3, -0.25) is 10.1 Å². The number of nitrogens with two attached hydrogens (primary N) is 1. The van der Waals surface area contributed by atoms with Crippen molar-refractivity contribution < 1.29 is 9.21 Å². The van der Waals surface area contributed by atoms with Crippen LogP contribution >= 0.6 is 0 Å². The van der Waals surface area contributed by atoms with E-state index in [0.717, 1.165) is 31.4 Å². The van der Waals surface area contributed by atoms with Crippen molar-refractivity contribution in [3.63, 3.8) is 0 Å². The molecular weight excluding hydrogens is 218 g/mol. The Labute approximate surface area is 101 Å². The molecule has 0 aromatic carbocycles. The molecule has 0 saturated heterocycles. The van der Waals surface area contributed by atoms with Crippen LogP contribution < -0.4 is 11.1 Å². The predicted octanol–water partition coefficient (Wildman–Crippen LogP) is 1.83. The molecular formula is C12H19N3O2. The second kappa shape index (κ2) is 4.49. The van der Waals surface area contributed by atoms with Crippen LogP contribution in [-0.4, -0.2) is 16.4 Å². The summed E-state index contributed by atoms with van der Waals surface area (Å²) in [5, 5.41) is 2.65. The monoisotopic (exact) mass is 237 g/mol. The van der Waals surface area contributed by atoms with E-state index in [4.69, 9.17) is 10.2 Å². The van der Waals surface area contributed by atoms with Gasteiger partial charge in [-0.2, -0.15) is 4.98 Å². The van der Waals surface area contributed by atoms with Crippen molar-refractivity contribution in [3.05, 3.63) is 12.0 Å². The van der Waals surface area contributed by atoms with Gasteiger partial charge < -0.3 is 10.2 Å². The van der Waals surface area contributed by atoms with Crippen molar-refractivity contribution in [1.29, 1.82) is 0 Å². The van der Waals surface area contributed by atoms with Gasteiger partial charge in [0.2, 0.25) is 5.91 Å². The number of carbonyl (C=O) groups excluding carboxylic acids is 1. The molecule has 1 aliphatic rings. The van der Waals surface area contributed by atoms with E-state index in [1.54, 1.807) is 6.92 Å². The van der Waals surface area contributed by atoms with Gasteiger partial charge in [0.25, 0.3) is 0 Å². The zero-order valence-corrected chi connectivity index (χ0v) is 10.3. The summed E-state index contributed by atoms with van der Waals surface area (Å²) in [4.78, 5) is 16.1. The number of nitrogens with zero attached hydrogens (tertiary/aromatic N) is 1. The lowest BCUT2D eigenvalue weighted by atomic mass is 9.76. The molecule has 2 atom stereocenters. The van der Waals surface area contributed by atoms with Gasteiger partial charge in [-0.25, -0.2) is 0 Å². The number of hydrogen-bond donors (Lipinski definition) is 2. The maximum Gasteiger partial charge on any atom is 0.301 e. The Morgan fingerprint density at radius 3 is 3.06 bits per heavy atom. The van der Waals surface area contributed by atoms with Crippen LogP contribution in [0.2, 0.25) is 0 Å². The number of hydrogen-bond acceptors (Lipinski definition) is 4. The predicted molar refractivity (Wildman–Crippen MR) is 64.4 cm³/mol. The van der Waals surface area contributed by atoms with Crippen LogP contribution in [-0.2, 0) is 4.79 Å². The Balaban J connectivity index is 2.03. The highest BCUT2D eigenvalue weighted by atomic mass is 16.4. The van der Waals surface area contributed by atoms with Crippen molar-refractivity contribution in [3.8, 4) is 0 Å². The average molecular weight is 237 g/mol. The normalized spacial score (nSPS) is 29.0. The van der Waals surface area contributed by atoms with Crippen molar-refractivity contribution in [2.45, 2.75) is 45.1 Å². The summed E-state index contributed by atoms with van der Waals surface area (Å²) in [5.41, 5.74) is 6.13. The molecule has 94 valence electrons. The van der Waals surface area contributed by atoms with E-state index in [9.17, 15) is 4.79 Å². The summed E-state index contributed by atoms with van der Waals surface area (Å²) < 4.78 is 5.10. The fourth-order valence-electron chi connectivity index (χ4n) is 2.43. The molecule has 1 fully saturated rings. The van der Waals surface area contributed by atoms with Gasteiger partial charge in [-0.1, -0.05) is 19.8 Å². The van der Waals surface area contributed by atoms with Gasteiger partial charge in [0.15, 0.2) is 0 Å². The van der Waals surface area contributed by atoms with Crippen LogP contribution in [0.1, 0.15) is 38.3 Å². The van der Waals surface area contributed by atoms with Crippen molar-refractivity contribution in [1.82, 2.24) is 4.98 Å². The highest BCUT2D eigenvalue weighted by Crippen LogP contribution is 2.31. The molecule has 1 saturated carbocycles. The van der Waals surface area contributed by atoms with Crippen molar-refractivity contribution in [2.75, 3.05) is 5.32 Å². The second-order valence-electron chi connectivity index (χ2n) is 5.11. The zero-order valence-electron chi connectivity index (χ0n) is 10.3. The molecule has 17 heavy (non-hydrogen) atoms. The topological polar surface area (TPSA) is 81.2 Å². The maximum atomic E-state index is 12.1. The fourth-order valence-corrected chi connectivity index (χ4v) is 2.43. The van der Waals surface area contributed by atoms with Crippen LogP contribution in [0.4, 0.5) is 6.01 Å². The Morgan fingerprint density at radius 1 is 1.71 bits per heavy atom. The number of aryl methyl sites for hydroxylation is 1. The standard InChI is InChI=1S/C12H19N3O2/c1-8-4-3-5-12(13,6-8)10(16)15-11-14-9(2)7-17-11/h7-8H,3-6,13H2,1-2H3,(H,14,15,16). The van der Waals surface area contributed by atoms with E-state index in [1.165, 1.54) is 6.26 Å². The van der Waals surface area contributed by atoms with Gasteiger partial charge in [-0.15, -0.1) is 0 Å². The number of amides is 1. The molecule has 2 unspecified atom stereocenters. The summed E-state index contributed by atoms with van der Waals surface area (Å²) in [6.07, 6.45) is 5.09. The Morgan fingerprint density at radius 2 is 2.47 bits per heavy atom. The van der Waals surface area contributed by atoms with Crippen molar-refractivity contribution in [2.24, 2.45) is 11.7 Å². The number of rotatable bonds is 2. The summed E-state index contributed by atoms with van der Waals surface area (Å²) in [5.74, 6) is 0.302. The molecule has 0 radical (unpaired) electrons. The van der Waals surface area contributed by atoms with E-state index in [0.29, 0.717) is 5.92 Å². The van der Waals surface area contributed by atoms with E-state index in [2.05, 4.69) is 17.2 Å². The molecule has 1 aromatic heterocycles. The molecule has 1 amide bonds. The first kappa shape index (κ1) is 12.1. The third kappa shape index (κ3) is 2.66. The first-order valence-electron chi connectivity index (χ1n) is 6.02. The van der Waals surface area contributed by atoms with Gasteiger partial charge in [0.1, 0.15) is 6.26 Å². The van der Waals surface area contributed by atoms with Gasteiger partial charge >= 0.3 is 6.01 Å². The van der Waals surface area contributed by atoms with Gasteiger partial charge in [0, 0.05) is 0 Å². The van der Waals surface area contributed by atoms with E-state index < -0.39 is 5.54 Å². The quantitative estimate of drug-likeness (QED) is 0.822. The number of oxazole rings is 1. The summed E-state index contributed by atoms with van der Waals surface area (Å²) in [6.45, 7) is 3.93. The largest absolute Gasteiger partial charge is 0.432 e. The third-order valence-corrected chi connectivity index (χ3v) is 3.32. The minimum atomic E-state index is -0.778. The van der Waals surface area contributed by atoms with Crippen LogP contribution in [0.15, 0.2) is 10.7 Å². The number of aromatic nitrogens is 1. The lowest BCUT2D eigenvalue weighted by Gasteiger charge is -2.34. The smallest absolute Gasteiger partial charge is 0.301 e. The van der Waals surface area contributed by atoms with Crippen LogP contribution in [0, 0.1) is 12.8 Å². The number of anilines is 1. The first-order valence-corrected chi connectivity index (χ1v) is 6.02. The average Bonchev–Trinajstić information content (AvgIpc) is 2.63. The molecule has 1 aliphatic carbocycles. The lowest BCUT2D eigenvalue weighted by Crippen LogP contribution is -2.53. The van der Waals surface area contributed by atoms with E-state index >= 15 is 0 Å². The first-order chi connectivity index (χ1) is 7.99. The summed E-state index contributed by atoms with van der Waals surface area (Å²) in [6, 6.07) is 0.232. The molecule has 1 heterocycles. The Bertz CT molecular complexity index is 416. The molecule has 0 aliphatic heterocycles. The van der Waals surface area contributed by atoms with Crippen LogP contribution in [0.3, 0.4) is 0 Å². The second-order valence-corrected chi connectivity index (χ2v) is 5.11. The summed E-state index contributed by atoms with van der Waals surface area (Å²) >= 11 is 0. The highest BCUT2D eigenvalue weighted by Gasteiger charge is 2.38. The van der Waals surface area contributed by atoms with Crippen LogP contribution in [0.25, 0.3) is 0 Å². The van der Waals surface area contributed by atoms with Crippen molar-refractivity contribution >= 4 is 11.9 Å². The Kier molecular flexibility index (Phi) is 3.19. The molecule has 0 bridgehead atoms. The number of nitrogens with one attached hydrogen (secondary N) is 1. The zero-order chi connectivity index (χ0) is 12.5. The molecule has 5 nitrogen and oxygen atoms in total. The molecule has 0 spiro atoms. The Hall–Kier alpha value is -1.36. The van der Waals surface area contributed by atoms with E-state index in [-0.39, 0.29) is 11.9 Å². The molecule has 1 aromatic rings. The summed E-state index contributed by atoms with van der Waals surface area (Å²) in [7, 11) is 0. The highest BCUT2D eigenvalue weighted by molar-refractivity contribution is 5.96. The number of carbonyl (C=O) groups is 1. The minimum Gasteiger partial charge on any atom is -0.432 e. The maximum absolute atomic E-state index is 12.1. The third-order valence-electron chi connectivity index (χ3n) is 3.32. The molecule has 5 heteroatoms. The lowest BCUT2D eigenvalue weighted by molar-refractivity contribution is -0.122.